The molecule has 0 radical (unpaired) electrons. The highest BCUT2D eigenvalue weighted by Gasteiger charge is 2.09. The van der Waals surface area contributed by atoms with Gasteiger partial charge in [-0.15, -0.1) is 0 Å². The van der Waals surface area contributed by atoms with Crippen LogP contribution in [-0.2, 0) is 0 Å². The van der Waals surface area contributed by atoms with E-state index in [1.54, 1.807) is 6.20 Å². The zero-order chi connectivity index (χ0) is 14.8. The number of aromatic nitrogens is 2. The standard InChI is InChI=1S/C17H16BrN3/c1-12-10-13(2)16(15(18)11-12)20-17-19-8-9-21(17)14-6-4-3-5-7-14/h3-11H,1-2H3,(H,19,20). The number of aryl methyl sites for hydroxylation is 2. The summed E-state index contributed by atoms with van der Waals surface area (Å²) in [6.07, 6.45) is 3.75. The van der Waals surface area contributed by atoms with Gasteiger partial charge in [-0.3, -0.25) is 4.57 Å². The number of para-hydroxylation sites is 1. The van der Waals surface area contributed by atoms with Crippen LogP contribution in [0, 0.1) is 13.8 Å². The number of halogens is 1. The molecule has 21 heavy (non-hydrogen) atoms. The Labute approximate surface area is 132 Å². The van der Waals surface area contributed by atoms with Gasteiger partial charge in [0.05, 0.1) is 5.69 Å². The zero-order valence-corrected chi connectivity index (χ0v) is 13.6. The Bertz CT molecular complexity index is 740. The largest absolute Gasteiger partial charge is 0.324 e. The number of hydrogen-bond acceptors (Lipinski definition) is 2. The third kappa shape index (κ3) is 2.85. The molecular weight excluding hydrogens is 326 g/mol. The fourth-order valence-corrected chi connectivity index (χ4v) is 3.15. The van der Waals surface area contributed by atoms with E-state index in [1.165, 1.54) is 11.1 Å². The first-order chi connectivity index (χ1) is 10.1. The Morgan fingerprint density at radius 1 is 1.10 bits per heavy atom. The minimum absolute atomic E-state index is 0.800. The van der Waals surface area contributed by atoms with Gasteiger partial charge >= 0.3 is 0 Å². The molecule has 0 unspecified atom stereocenters. The molecule has 106 valence electrons. The topological polar surface area (TPSA) is 29.9 Å². The van der Waals surface area contributed by atoms with Crippen molar-refractivity contribution in [1.29, 1.82) is 0 Å². The summed E-state index contributed by atoms with van der Waals surface area (Å²) in [4.78, 5) is 4.42. The predicted octanol–water partition coefficient (Wildman–Crippen LogP) is 5.00. The van der Waals surface area contributed by atoms with Crippen LogP contribution in [0.2, 0.25) is 0 Å². The lowest BCUT2D eigenvalue weighted by Gasteiger charge is -2.14. The van der Waals surface area contributed by atoms with Crippen LogP contribution in [0.1, 0.15) is 11.1 Å². The van der Waals surface area contributed by atoms with Gasteiger partial charge in [0.25, 0.3) is 0 Å². The Hall–Kier alpha value is -2.07. The molecule has 0 atom stereocenters. The molecular formula is C17H16BrN3. The smallest absolute Gasteiger partial charge is 0.212 e. The van der Waals surface area contributed by atoms with Crippen LogP contribution in [-0.4, -0.2) is 9.55 Å². The molecule has 2 aromatic carbocycles. The molecule has 1 heterocycles. The highest BCUT2D eigenvalue weighted by atomic mass is 79.9. The van der Waals surface area contributed by atoms with E-state index in [0.717, 1.165) is 21.8 Å². The Morgan fingerprint density at radius 2 is 1.86 bits per heavy atom. The maximum Gasteiger partial charge on any atom is 0.212 e. The molecule has 0 saturated carbocycles. The first kappa shape index (κ1) is 13.9. The molecule has 0 bridgehead atoms. The molecule has 3 rings (SSSR count). The predicted molar refractivity (Wildman–Crippen MR) is 90.5 cm³/mol. The third-order valence-electron chi connectivity index (χ3n) is 3.34. The van der Waals surface area contributed by atoms with Crippen molar-refractivity contribution in [2.75, 3.05) is 5.32 Å². The van der Waals surface area contributed by atoms with Crippen LogP contribution >= 0.6 is 15.9 Å². The van der Waals surface area contributed by atoms with Gasteiger partial charge in [-0.05, 0) is 59.1 Å². The number of benzene rings is 2. The maximum atomic E-state index is 4.42. The first-order valence-electron chi connectivity index (χ1n) is 6.77. The van der Waals surface area contributed by atoms with E-state index in [1.807, 2.05) is 29.0 Å². The fraction of sp³-hybridized carbons (Fsp3) is 0.118. The van der Waals surface area contributed by atoms with E-state index in [-0.39, 0.29) is 0 Å². The van der Waals surface area contributed by atoms with Crippen LogP contribution in [0.25, 0.3) is 5.69 Å². The SMILES string of the molecule is Cc1cc(C)c(Nc2nccn2-c2ccccc2)c(Br)c1. The van der Waals surface area contributed by atoms with Gasteiger partial charge in [-0.2, -0.15) is 0 Å². The third-order valence-corrected chi connectivity index (χ3v) is 3.97. The molecule has 0 aliphatic heterocycles. The van der Waals surface area contributed by atoms with Crippen LogP contribution < -0.4 is 5.32 Å². The van der Waals surface area contributed by atoms with E-state index in [4.69, 9.17) is 0 Å². The second-order valence-corrected chi connectivity index (χ2v) is 5.87. The van der Waals surface area contributed by atoms with Crippen molar-refractivity contribution in [2.24, 2.45) is 0 Å². The van der Waals surface area contributed by atoms with Crippen molar-refractivity contribution in [3.8, 4) is 5.69 Å². The number of imidazole rings is 1. The summed E-state index contributed by atoms with van der Waals surface area (Å²) in [6.45, 7) is 4.18. The van der Waals surface area contributed by atoms with Gasteiger partial charge in [0.15, 0.2) is 0 Å². The molecule has 3 nitrogen and oxygen atoms in total. The van der Waals surface area contributed by atoms with Crippen molar-refractivity contribution in [3.63, 3.8) is 0 Å². The Balaban J connectivity index is 1.99. The van der Waals surface area contributed by atoms with E-state index >= 15 is 0 Å². The molecule has 0 aliphatic carbocycles. The van der Waals surface area contributed by atoms with Gasteiger partial charge in [0.1, 0.15) is 0 Å². The molecule has 0 spiro atoms. The average molecular weight is 342 g/mol. The Morgan fingerprint density at radius 3 is 2.57 bits per heavy atom. The number of anilines is 2. The Kier molecular flexibility index (Phi) is 3.80. The van der Waals surface area contributed by atoms with Gasteiger partial charge in [-0.1, -0.05) is 24.3 Å². The molecule has 3 aromatic rings. The molecule has 4 heteroatoms. The molecule has 0 fully saturated rings. The van der Waals surface area contributed by atoms with Crippen molar-refractivity contribution < 1.29 is 0 Å². The van der Waals surface area contributed by atoms with Crippen molar-refractivity contribution in [2.45, 2.75) is 13.8 Å². The summed E-state index contributed by atoms with van der Waals surface area (Å²) >= 11 is 3.62. The normalized spacial score (nSPS) is 10.6. The summed E-state index contributed by atoms with van der Waals surface area (Å²) in [5.41, 5.74) is 4.54. The summed E-state index contributed by atoms with van der Waals surface area (Å²) in [7, 11) is 0. The van der Waals surface area contributed by atoms with Gasteiger partial charge < -0.3 is 5.32 Å². The summed E-state index contributed by atoms with van der Waals surface area (Å²) in [5, 5.41) is 3.42. The average Bonchev–Trinajstić information content (AvgIpc) is 2.92. The molecule has 0 saturated heterocycles. The number of nitrogens with one attached hydrogen (secondary N) is 1. The minimum Gasteiger partial charge on any atom is -0.324 e. The van der Waals surface area contributed by atoms with Gasteiger partial charge in [-0.25, -0.2) is 4.98 Å². The lowest BCUT2D eigenvalue weighted by Crippen LogP contribution is -2.03. The maximum absolute atomic E-state index is 4.42. The lowest BCUT2D eigenvalue weighted by atomic mass is 10.1. The number of nitrogens with zero attached hydrogens (tertiary/aromatic N) is 2. The second kappa shape index (κ2) is 5.74. The van der Waals surface area contributed by atoms with Crippen LogP contribution in [0.15, 0.2) is 59.3 Å². The monoisotopic (exact) mass is 341 g/mol. The van der Waals surface area contributed by atoms with E-state index in [9.17, 15) is 0 Å². The summed E-state index contributed by atoms with van der Waals surface area (Å²) in [6, 6.07) is 14.4. The fourth-order valence-electron chi connectivity index (χ4n) is 2.38. The van der Waals surface area contributed by atoms with Crippen LogP contribution in [0.3, 0.4) is 0 Å². The molecule has 0 amide bonds. The second-order valence-electron chi connectivity index (χ2n) is 5.02. The van der Waals surface area contributed by atoms with Crippen molar-refractivity contribution in [1.82, 2.24) is 9.55 Å². The molecule has 1 aromatic heterocycles. The van der Waals surface area contributed by atoms with Crippen molar-refractivity contribution >= 4 is 27.6 Å². The van der Waals surface area contributed by atoms with E-state index in [2.05, 4.69) is 64.3 Å². The molecule has 1 N–H and O–H groups in total. The number of hydrogen-bond donors (Lipinski definition) is 1. The van der Waals surface area contributed by atoms with E-state index < -0.39 is 0 Å². The summed E-state index contributed by atoms with van der Waals surface area (Å²) in [5.74, 6) is 0.800. The van der Waals surface area contributed by atoms with Gasteiger partial charge in [0.2, 0.25) is 5.95 Å². The quantitative estimate of drug-likeness (QED) is 0.726. The minimum atomic E-state index is 0.800. The molecule has 0 aliphatic rings. The highest BCUT2D eigenvalue weighted by molar-refractivity contribution is 9.10. The summed E-state index contributed by atoms with van der Waals surface area (Å²) < 4.78 is 3.08. The number of rotatable bonds is 3. The highest BCUT2D eigenvalue weighted by Crippen LogP contribution is 2.30. The van der Waals surface area contributed by atoms with Crippen LogP contribution in [0.4, 0.5) is 11.6 Å². The lowest BCUT2D eigenvalue weighted by molar-refractivity contribution is 1.06. The van der Waals surface area contributed by atoms with Crippen LogP contribution in [0.5, 0.6) is 0 Å². The first-order valence-corrected chi connectivity index (χ1v) is 7.57. The van der Waals surface area contributed by atoms with E-state index in [0.29, 0.717) is 0 Å². The van der Waals surface area contributed by atoms with Gasteiger partial charge in [0, 0.05) is 22.6 Å². The van der Waals surface area contributed by atoms with Crippen molar-refractivity contribution in [3.05, 3.63) is 70.5 Å². The zero-order valence-electron chi connectivity index (χ0n) is 12.0.